The van der Waals surface area contributed by atoms with Crippen LogP contribution in [0.5, 0.6) is 0 Å². The standard InChI is InChI=1S/C55H40N2/c1-3-4-17-37(2)38-30-32-40(33-31-38)56(41-34-35-45-44-22-11-15-28-51(44)57(53(45)36-41)39-18-6-5-7-19-39)52-29-16-27-50-54(52)46-23-10-14-26-49(46)55(50)47-24-12-8-20-42(47)43-21-9-13-25-48(43)55/h3,5-36H,1,4H2,2H3/b37-17+. The van der Waals surface area contributed by atoms with Gasteiger partial charge in [0, 0.05) is 33.4 Å². The van der Waals surface area contributed by atoms with Gasteiger partial charge in [0.25, 0.3) is 0 Å². The Morgan fingerprint density at radius 2 is 1.12 bits per heavy atom. The first kappa shape index (κ1) is 33.2. The zero-order valence-corrected chi connectivity index (χ0v) is 31.9. The average Bonchev–Trinajstić information content (AvgIpc) is 3.88. The molecule has 0 N–H and O–H groups in total. The predicted molar refractivity (Wildman–Crippen MR) is 240 cm³/mol. The summed E-state index contributed by atoms with van der Waals surface area (Å²) in [5, 5.41) is 2.48. The van der Waals surface area contributed by atoms with Crippen LogP contribution in [-0.4, -0.2) is 4.57 Å². The van der Waals surface area contributed by atoms with Gasteiger partial charge in [0.1, 0.15) is 0 Å². The van der Waals surface area contributed by atoms with Crippen molar-refractivity contribution < 1.29 is 0 Å². The maximum Gasteiger partial charge on any atom is 0.0726 e. The maximum atomic E-state index is 3.93. The van der Waals surface area contributed by atoms with E-state index in [-0.39, 0.29) is 0 Å². The van der Waals surface area contributed by atoms with Gasteiger partial charge in [-0.05, 0) is 112 Å². The molecule has 0 unspecified atom stereocenters. The molecular formula is C55H40N2. The van der Waals surface area contributed by atoms with Crippen molar-refractivity contribution in [2.24, 2.45) is 0 Å². The van der Waals surface area contributed by atoms with E-state index in [9.17, 15) is 0 Å². The number of hydrogen-bond donors (Lipinski definition) is 0. The van der Waals surface area contributed by atoms with E-state index in [1.54, 1.807) is 0 Å². The summed E-state index contributed by atoms with van der Waals surface area (Å²) in [7, 11) is 0. The van der Waals surface area contributed by atoms with Crippen LogP contribution < -0.4 is 4.90 Å². The molecule has 0 saturated heterocycles. The van der Waals surface area contributed by atoms with Gasteiger partial charge in [-0.1, -0.05) is 152 Å². The van der Waals surface area contributed by atoms with E-state index in [4.69, 9.17) is 0 Å². The van der Waals surface area contributed by atoms with E-state index in [1.807, 2.05) is 6.08 Å². The Balaban J connectivity index is 1.20. The summed E-state index contributed by atoms with van der Waals surface area (Å²) in [6.45, 7) is 6.12. The van der Waals surface area contributed by atoms with E-state index in [0.29, 0.717) is 0 Å². The van der Waals surface area contributed by atoms with Gasteiger partial charge >= 0.3 is 0 Å². The minimum atomic E-state index is -0.429. The summed E-state index contributed by atoms with van der Waals surface area (Å²) in [6, 6.07) is 69.8. The van der Waals surface area contributed by atoms with Crippen molar-refractivity contribution in [1.29, 1.82) is 0 Å². The normalized spacial score (nSPS) is 13.4. The fraction of sp³-hybridized carbons (Fsp3) is 0.0545. The highest BCUT2D eigenvalue weighted by molar-refractivity contribution is 6.11. The molecule has 2 heteroatoms. The monoisotopic (exact) mass is 728 g/mol. The van der Waals surface area contributed by atoms with Crippen molar-refractivity contribution in [1.82, 2.24) is 4.57 Å². The highest BCUT2D eigenvalue weighted by atomic mass is 15.1. The molecule has 8 aromatic carbocycles. The van der Waals surface area contributed by atoms with Gasteiger partial charge in [-0.25, -0.2) is 0 Å². The minimum absolute atomic E-state index is 0.429. The van der Waals surface area contributed by atoms with Crippen molar-refractivity contribution in [3.63, 3.8) is 0 Å². The zero-order chi connectivity index (χ0) is 38.1. The molecule has 1 spiro atoms. The molecule has 2 aliphatic rings. The first-order valence-electron chi connectivity index (χ1n) is 19.9. The highest BCUT2D eigenvalue weighted by Crippen LogP contribution is 2.64. The second-order valence-corrected chi connectivity index (χ2v) is 15.3. The van der Waals surface area contributed by atoms with Crippen LogP contribution in [0, 0.1) is 0 Å². The Hall–Kier alpha value is -7.16. The van der Waals surface area contributed by atoms with Gasteiger partial charge in [0.05, 0.1) is 22.1 Å². The van der Waals surface area contributed by atoms with Crippen LogP contribution in [-0.2, 0) is 5.41 Å². The molecule has 1 aromatic heterocycles. The number of benzene rings is 8. The largest absolute Gasteiger partial charge is 0.310 e. The smallest absolute Gasteiger partial charge is 0.0726 e. The molecule has 0 amide bonds. The summed E-state index contributed by atoms with van der Waals surface area (Å²) in [4.78, 5) is 2.49. The van der Waals surface area contributed by atoms with Gasteiger partial charge < -0.3 is 9.47 Å². The van der Waals surface area contributed by atoms with E-state index < -0.39 is 5.41 Å². The molecule has 2 aliphatic carbocycles. The van der Waals surface area contributed by atoms with Crippen LogP contribution in [0.4, 0.5) is 17.1 Å². The lowest BCUT2D eigenvalue weighted by atomic mass is 9.70. The highest BCUT2D eigenvalue weighted by Gasteiger charge is 2.52. The summed E-state index contributed by atoms with van der Waals surface area (Å²) in [6.07, 6.45) is 5.04. The number of anilines is 3. The van der Waals surface area contributed by atoms with Crippen LogP contribution >= 0.6 is 0 Å². The Morgan fingerprint density at radius 3 is 1.84 bits per heavy atom. The summed E-state index contributed by atoms with van der Waals surface area (Å²) >= 11 is 0. The third kappa shape index (κ3) is 4.77. The van der Waals surface area contributed by atoms with Gasteiger partial charge in [-0.2, -0.15) is 0 Å². The fourth-order valence-corrected chi connectivity index (χ4v) is 9.94. The Bertz CT molecular complexity index is 3020. The van der Waals surface area contributed by atoms with Crippen molar-refractivity contribution in [2.45, 2.75) is 18.8 Å². The lowest BCUT2D eigenvalue weighted by Crippen LogP contribution is -2.26. The molecule has 0 fully saturated rings. The lowest BCUT2D eigenvalue weighted by Gasteiger charge is -2.32. The van der Waals surface area contributed by atoms with Crippen LogP contribution in [0.3, 0.4) is 0 Å². The second kappa shape index (κ2) is 13.0. The van der Waals surface area contributed by atoms with E-state index >= 15 is 0 Å². The molecule has 270 valence electrons. The summed E-state index contributed by atoms with van der Waals surface area (Å²) < 4.78 is 2.41. The van der Waals surface area contributed by atoms with Crippen LogP contribution in [0.2, 0.25) is 0 Å². The Morgan fingerprint density at radius 1 is 0.544 bits per heavy atom. The number of aromatic nitrogens is 1. The van der Waals surface area contributed by atoms with Gasteiger partial charge in [-0.3, -0.25) is 0 Å². The topological polar surface area (TPSA) is 8.17 Å². The van der Waals surface area contributed by atoms with Crippen molar-refractivity contribution in [2.75, 3.05) is 4.90 Å². The average molecular weight is 729 g/mol. The Labute approximate surface area is 333 Å². The molecule has 0 bridgehead atoms. The lowest BCUT2D eigenvalue weighted by molar-refractivity contribution is 0.794. The number of allylic oxidation sites excluding steroid dienone is 3. The maximum absolute atomic E-state index is 3.93. The number of nitrogens with zero attached hydrogens (tertiary/aromatic N) is 2. The van der Waals surface area contributed by atoms with Crippen molar-refractivity contribution in [3.8, 4) is 27.9 Å². The fourth-order valence-electron chi connectivity index (χ4n) is 9.94. The molecule has 2 nitrogen and oxygen atoms in total. The number of para-hydroxylation sites is 2. The third-order valence-corrected chi connectivity index (χ3v) is 12.3. The molecule has 0 radical (unpaired) electrons. The quantitative estimate of drug-likeness (QED) is 0.148. The van der Waals surface area contributed by atoms with Crippen LogP contribution in [0.1, 0.15) is 41.2 Å². The molecule has 1 heterocycles. The van der Waals surface area contributed by atoms with E-state index in [1.165, 1.54) is 77.5 Å². The number of hydrogen-bond acceptors (Lipinski definition) is 1. The van der Waals surface area contributed by atoms with E-state index in [2.05, 4.69) is 217 Å². The third-order valence-electron chi connectivity index (χ3n) is 12.3. The molecule has 9 aromatic rings. The number of rotatable bonds is 7. The zero-order valence-electron chi connectivity index (χ0n) is 31.9. The first-order valence-corrected chi connectivity index (χ1v) is 19.9. The van der Waals surface area contributed by atoms with Crippen molar-refractivity contribution in [3.05, 3.63) is 235 Å². The minimum Gasteiger partial charge on any atom is -0.310 e. The molecule has 0 aliphatic heterocycles. The molecule has 11 rings (SSSR count). The molecule has 57 heavy (non-hydrogen) atoms. The molecule has 0 atom stereocenters. The predicted octanol–water partition coefficient (Wildman–Crippen LogP) is 14.6. The first-order chi connectivity index (χ1) is 28.2. The van der Waals surface area contributed by atoms with Gasteiger partial charge in [0.2, 0.25) is 0 Å². The summed E-state index contributed by atoms with van der Waals surface area (Å²) in [5.74, 6) is 0. The van der Waals surface area contributed by atoms with Crippen LogP contribution in [0.25, 0.3) is 55.3 Å². The van der Waals surface area contributed by atoms with Crippen molar-refractivity contribution >= 4 is 44.4 Å². The number of fused-ring (bicyclic) bond motifs is 13. The second-order valence-electron chi connectivity index (χ2n) is 15.3. The van der Waals surface area contributed by atoms with E-state index in [0.717, 1.165) is 29.2 Å². The molecular weight excluding hydrogens is 689 g/mol. The Kier molecular flexibility index (Phi) is 7.55. The SMILES string of the molecule is C=CC/C=C(\C)c1ccc(N(c2ccc3c4ccccc4n(-c4ccccc4)c3c2)c2cccc3c2-c2ccccc2C32c3ccccc3-c3ccccc32)cc1. The van der Waals surface area contributed by atoms with Crippen LogP contribution in [0.15, 0.2) is 207 Å². The summed E-state index contributed by atoms with van der Waals surface area (Å²) in [5.41, 5.74) is 19.4. The molecule has 0 saturated carbocycles. The van der Waals surface area contributed by atoms with Gasteiger partial charge in [-0.15, -0.1) is 6.58 Å². The van der Waals surface area contributed by atoms with Gasteiger partial charge in [0.15, 0.2) is 0 Å².